The number of carbonyl (C=O) groups is 1. The van der Waals surface area contributed by atoms with Gasteiger partial charge in [0.15, 0.2) is 0 Å². The van der Waals surface area contributed by atoms with Crippen LogP contribution in [0.4, 0.5) is 11.4 Å². The molecule has 1 amide bonds. The first kappa shape index (κ1) is 12.7. The van der Waals surface area contributed by atoms with Crippen molar-refractivity contribution in [1.82, 2.24) is 9.78 Å². The maximum atomic E-state index is 11.9. The van der Waals surface area contributed by atoms with E-state index in [0.29, 0.717) is 17.8 Å². The van der Waals surface area contributed by atoms with Crippen LogP contribution in [0.2, 0.25) is 0 Å². The quantitative estimate of drug-likeness (QED) is 0.673. The van der Waals surface area contributed by atoms with E-state index in [-0.39, 0.29) is 11.6 Å². The molecule has 0 saturated carbocycles. The van der Waals surface area contributed by atoms with E-state index in [1.165, 1.54) is 30.5 Å². The SMILES string of the molecule is CCn1cc(C(=O)Nc2ccc([N+](=O)[O-])cc2)cn1. The first-order chi connectivity index (χ1) is 9.10. The highest BCUT2D eigenvalue weighted by molar-refractivity contribution is 6.03. The molecule has 0 aliphatic rings. The Labute approximate surface area is 109 Å². The van der Waals surface area contributed by atoms with Gasteiger partial charge in [0.2, 0.25) is 0 Å². The van der Waals surface area contributed by atoms with E-state index in [9.17, 15) is 14.9 Å². The number of nitrogens with zero attached hydrogens (tertiary/aromatic N) is 3. The number of hydrogen-bond donors (Lipinski definition) is 1. The van der Waals surface area contributed by atoms with Gasteiger partial charge >= 0.3 is 0 Å². The molecule has 0 radical (unpaired) electrons. The van der Waals surface area contributed by atoms with Crippen LogP contribution in [0.25, 0.3) is 0 Å². The number of carbonyl (C=O) groups excluding carboxylic acids is 1. The van der Waals surface area contributed by atoms with Gasteiger partial charge in [-0.2, -0.15) is 5.10 Å². The molecule has 0 saturated heterocycles. The van der Waals surface area contributed by atoms with Crippen LogP contribution in [0.5, 0.6) is 0 Å². The average molecular weight is 260 g/mol. The number of aromatic nitrogens is 2. The van der Waals surface area contributed by atoms with Gasteiger partial charge in [0.1, 0.15) is 0 Å². The summed E-state index contributed by atoms with van der Waals surface area (Å²) < 4.78 is 1.64. The van der Waals surface area contributed by atoms with E-state index >= 15 is 0 Å². The number of anilines is 1. The molecule has 7 heteroatoms. The fourth-order valence-corrected chi connectivity index (χ4v) is 1.52. The lowest BCUT2D eigenvalue weighted by atomic mass is 10.2. The summed E-state index contributed by atoms with van der Waals surface area (Å²) in [6, 6.07) is 5.65. The number of rotatable bonds is 4. The van der Waals surface area contributed by atoms with Gasteiger partial charge in [0.05, 0.1) is 16.7 Å². The van der Waals surface area contributed by atoms with Crippen LogP contribution in [0.3, 0.4) is 0 Å². The third-order valence-corrected chi connectivity index (χ3v) is 2.56. The Morgan fingerprint density at radius 2 is 2.11 bits per heavy atom. The molecule has 1 heterocycles. The smallest absolute Gasteiger partial charge is 0.269 e. The van der Waals surface area contributed by atoms with Crippen LogP contribution in [-0.4, -0.2) is 20.6 Å². The number of aryl methyl sites for hydroxylation is 1. The first-order valence-electron chi connectivity index (χ1n) is 5.68. The molecule has 0 spiro atoms. The van der Waals surface area contributed by atoms with Gasteiger partial charge in [-0.15, -0.1) is 0 Å². The Bertz CT molecular complexity index is 604. The fourth-order valence-electron chi connectivity index (χ4n) is 1.52. The Balaban J connectivity index is 2.08. The molecular formula is C12H12N4O3. The minimum absolute atomic E-state index is 0.0169. The molecule has 1 aromatic carbocycles. The van der Waals surface area contributed by atoms with Crippen LogP contribution in [0.15, 0.2) is 36.7 Å². The second-order valence-corrected chi connectivity index (χ2v) is 3.84. The summed E-state index contributed by atoms with van der Waals surface area (Å²) >= 11 is 0. The van der Waals surface area contributed by atoms with Gasteiger partial charge < -0.3 is 5.32 Å². The lowest BCUT2D eigenvalue weighted by Crippen LogP contribution is -2.11. The van der Waals surface area contributed by atoms with Crippen LogP contribution in [0.1, 0.15) is 17.3 Å². The highest BCUT2D eigenvalue weighted by Gasteiger charge is 2.10. The third kappa shape index (κ3) is 2.95. The van der Waals surface area contributed by atoms with Gasteiger partial charge in [-0.3, -0.25) is 19.6 Å². The molecule has 2 aromatic rings. The molecule has 0 bridgehead atoms. The number of amides is 1. The van der Waals surface area contributed by atoms with Gasteiger partial charge in [-0.25, -0.2) is 0 Å². The average Bonchev–Trinajstić information content (AvgIpc) is 2.88. The van der Waals surface area contributed by atoms with E-state index < -0.39 is 4.92 Å². The summed E-state index contributed by atoms with van der Waals surface area (Å²) in [7, 11) is 0. The van der Waals surface area contributed by atoms with Gasteiger partial charge in [0.25, 0.3) is 11.6 Å². The predicted octanol–water partition coefficient (Wildman–Crippen LogP) is 2.06. The molecule has 19 heavy (non-hydrogen) atoms. The number of hydrogen-bond acceptors (Lipinski definition) is 4. The van der Waals surface area contributed by atoms with Crippen molar-refractivity contribution in [2.24, 2.45) is 0 Å². The number of benzene rings is 1. The van der Waals surface area contributed by atoms with E-state index in [0.717, 1.165) is 0 Å². The topological polar surface area (TPSA) is 90.1 Å². The predicted molar refractivity (Wildman–Crippen MR) is 69.0 cm³/mol. The molecule has 0 aliphatic carbocycles. The van der Waals surface area contributed by atoms with Crippen molar-refractivity contribution < 1.29 is 9.72 Å². The molecule has 0 atom stereocenters. The lowest BCUT2D eigenvalue weighted by Gasteiger charge is -2.02. The number of nitro groups is 1. The first-order valence-corrected chi connectivity index (χ1v) is 5.68. The molecule has 1 N–H and O–H groups in total. The molecule has 1 aromatic heterocycles. The highest BCUT2D eigenvalue weighted by Crippen LogP contribution is 2.16. The fraction of sp³-hybridized carbons (Fsp3) is 0.167. The maximum absolute atomic E-state index is 11.9. The number of nitrogens with one attached hydrogen (secondary N) is 1. The summed E-state index contributed by atoms with van der Waals surface area (Å²) in [5, 5.41) is 17.1. The van der Waals surface area contributed by atoms with E-state index in [2.05, 4.69) is 10.4 Å². The zero-order chi connectivity index (χ0) is 13.8. The van der Waals surface area contributed by atoms with Crippen LogP contribution < -0.4 is 5.32 Å². The third-order valence-electron chi connectivity index (χ3n) is 2.56. The van der Waals surface area contributed by atoms with Crippen LogP contribution in [-0.2, 0) is 6.54 Å². The highest BCUT2D eigenvalue weighted by atomic mass is 16.6. The van der Waals surface area contributed by atoms with Crippen LogP contribution in [0, 0.1) is 10.1 Å². The molecule has 98 valence electrons. The molecule has 0 fully saturated rings. The Morgan fingerprint density at radius 1 is 1.42 bits per heavy atom. The summed E-state index contributed by atoms with van der Waals surface area (Å²) in [6.45, 7) is 2.61. The number of nitro benzene ring substituents is 1. The van der Waals surface area contributed by atoms with E-state index in [1.54, 1.807) is 10.9 Å². The standard InChI is InChI=1S/C12H12N4O3/c1-2-15-8-9(7-13-15)12(17)14-10-3-5-11(6-4-10)16(18)19/h3-8H,2H2,1H3,(H,14,17). The zero-order valence-corrected chi connectivity index (χ0v) is 10.2. The Morgan fingerprint density at radius 3 is 2.63 bits per heavy atom. The summed E-state index contributed by atoms with van der Waals surface area (Å²) in [5.41, 5.74) is 0.928. The molecule has 2 rings (SSSR count). The maximum Gasteiger partial charge on any atom is 0.269 e. The van der Waals surface area contributed by atoms with E-state index in [4.69, 9.17) is 0 Å². The minimum Gasteiger partial charge on any atom is -0.322 e. The second-order valence-electron chi connectivity index (χ2n) is 3.84. The van der Waals surface area contributed by atoms with Gasteiger partial charge in [-0.1, -0.05) is 0 Å². The van der Waals surface area contributed by atoms with Crippen molar-refractivity contribution in [1.29, 1.82) is 0 Å². The lowest BCUT2D eigenvalue weighted by molar-refractivity contribution is -0.384. The summed E-state index contributed by atoms with van der Waals surface area (Å²) in [6.07, 6.45) is 3.12. The molecule has 7 nitrogen and oxygen atoms in total. The minimum atomic E-state index is -0.489. The van der Waals surface area contributed by atoms with Crippen molar-refractivity contribution in [3.63, 3.8) is 0 Å². The van der Waals surface area contributed by atoms with E-state index in [1.807, 2.05) is 6.92 Å². The second kappa shape index (κ2) is 5.30. The van der Waals surface area contributed by atoms with Crippen molar-refractivity contribution in [2.45, 2.75) is 13.5 Å². The molecule has 0 aliphatic heterocycles. The van der Waals surface area contributed by atoms with Gasteiger partial charge in [-0.05, 0) is 19.1 Å². The summed E-state index contributed by atoms with van der Waals surface area (Å²) in [5.74, 6) is -0.298. The summed E-state index contributed by atoms with van der Waals surface area (Å²) in [4.78, 5) is 21.9. The number of non-ortho nitro benzene ring substituents is 1. The Hall–Kier alpha value is -2.70. The molecular weight excluding hydrogens is 248 g/mol. The van der Waals surface area contributed by atoms with Gasteiger partial charge in [0, 0.05) is 30.6 Å². The van der Waals surface area contributed by atoms with Crippen LogP contribution >= 0.6 is 0 Å². The van der Waals surface area contributed by atoms with Crippen molar-refractivity contribution >= 4 is 17.3 Å². The Kier molecular flexibility index (Phi) is 3.56. The monoisotopic (exact) mass is 260 g/mol. The normalized spacial score (nSPS) is 10.2. The largest absolute Gasteiger partial charge is 0.322 e. The van der Waals surface area contributed by atoms with Crippen molar-refractivity contribution in [3.05, 3.63) is 52.3 Å². The van der Waals surface area contributed by atoms with Crippen molar-refractivity contribution in [3.8, 4) is 0 Å². The zero-order valence-electron chi connectivity index (χ0n) is 10.2. The van der Waals surface area contributed by atoms with Crippen molar-refractivity contribution in [2.75, 3.05) is 5.32 Å². The molecule has 0 unspecified atom stereocenters.